The van der Waals surface area contributed by atoms with Crippen molar-refractivity contribution in [2.75, 3.05) is 12.4 Å². The summed E-state index contributed by atoms with van der Waals surface area (Å²) in [5, 5.41) is 0.568. The van der Waals surface area contributed by atoms with Gasteiger partial charge in [0.15, 0.2) is 12.4 Å². The van der Waals surface area contributed by atoms with Crippen molar-refractivity contribution >= 4 is 46.5 Å². The lowest BCUT2D eigenvalue weighted by molar-refractivity contribution is -0.598. The molecule has 0 saturated carbocycles. The fraction of sp³-hybridized carbons (Fsp3) is 0.240. The van der Waals surface area contributed by atoms with Crippen LogP contribution in [0.4, 0.5) is 0 Å². The molecule has 2 aromatic heterocycles. The summed E-state index contributed by atoms with van der Waals surface area (Å²) >= 11 is 9.07. The summed E-state index contributed by atoms with van der Waals surface area (Å²) in [5.74, 6) is 0.288. The number of rotatable bonds is 9. The molecule has 8 heteroatoms. The van der Waals surface area contributed by atoms with E-state index < -0.39 is 0 Å². The average molecular weight is 614 g/mol. The highest BCUT2D eigenvalue weighted by atomic mass is 127. The maximum atomic E-state index is 13.5. The summed E-state index contributed by atoms with van der Waals surface area (Å²) in [5.41, 5.74) is 3.20. The number of hydrogen-bond donors (Lipinski definition) is 0. The third kappa shape index (κ3) is 7.15. The second kappa shape index (κ2) is 13.3. The summed E-state index contributed by atoms with van der Waals surface area (Å²) in [6.07, 6.45) is 8.02. The van der Waals surface area contributed by atoms with E-state index in [4.69, 9.17) is 16.3 Å². The van der Waals surface area contributed by atoms with Crippen LogP contribution in [0.5, 0.6) is 0 Å². The zero-order valence-corrected chi connectivity index (χ0v) is 23.2. The Labute approximate surface area is 225 Å². The minimum Gasteiger partial charge on any atom is -1.00 e. The largest absolute Gasteiger partial charge is 1.00 e. The van der Waals surface area contributed by atoms with Crippen molar-refractivity contribution < 1.29 is 42.9 Å². The minimum atomic E-state index is -0.352. The number of thioether (sulfide) groups is 1. The molecule has 0 aliphatic rings. The van der Waals surface area contributed by atoms with E-state index in [9.17, 15) is 9.59 Å². The van der Waals surface area contributed by atoms with Gasteiger partial charge in [-0.05, 0) is 50.6 Å². The Kier molecular flexibility index (Phi) is 11.1. The number of ether oxygens (including phenoxy) is 1. The highest BCUT2D eigenvalue weighted by Crippen LogP contribution is 2.38. The van der Waals surface area contributed by atoms with Crippen LogP contribution >= 0.6 is 34.7 Å². The van der Waals surface area contributed by atoms with Crippen LogP contribution in [0, 0.1) is 6.92 Å². The summed E-state index contributed by atoms with van der Waals surface area (Å²) in [4.78, 5) is 26.5. The van der Waals surface area contributed by atoms with E-state index in [0.717, 1.165) is 21.2 Å². The first-order valence-corrected chi connectivity index (χ1v) is 12.5. The number of nitrogens with zero attached hydrogens (tertiary/aromatic N) is 1. The molecule has 0 radical (unpaired) electrons. The second-order valence-electron chi connectivity index (χ2n) is 7.03. The van der Waals surface area contributed by atoms with Gasteiger partial charge in [0.1, 0.15) is 4.21 Å². The number of ketones is 1. The summed E-state index contributed by atoms with van der Waals surface area (Å²) in [7, 11) is 0. The Balaban J connectivity index is 0.00000385. The van der Waals surface area contributed by atoms with Crippen LogP contribution in [0.2, 0.25) is 5.02 Å². The Morgan fingerprint density at radius 2 is 1.82 bits per heavy atom. The number of pyridine rings is 1. The van der Waals surface area contributed by atoms with Gasteiger partial charge in [-0.2, -0.15) is 4.57 Å². The molecule has 0 bridgehead atoms. The van der Waals surface area contributed by atoms with Gasteiger partial charge in [-0.1, -0.05) is 23.8 Å². The first-order valence-electron chi connectivity index (χ1n) is 10.3. The minimum absolute atomic E-state index is 0. The zero-order chi connectivity index (χ0) is 23.1. The van der Waals surface area contributed by atoms with Crippen molar-refractivity contribution in [3.05, 3.63) is 87.5 Å². The first kappa shape index (κ1) is 27.6. The molecule has 2 heterocycles. The molecule has 0 atom stereocenters. The third-order valence-corrected chi connectivity index (χ3v) is 7.37. The number of benzene rings is 1. The van der Waals surface area contributed by atoms with Gasteiger partial charge in [-0.15, -0.1) is 23.1 Å². The van der Waals surface area contributed by atoms with E-state index in [0.29, 0.717) is 27.6 Å². The highest BCUT2D eigenvalue weighted by Gasteiger charge is 2.31. The van der Waals surface area contributed by atoms with Gasteiger partial charge in [-0.3, -0.25) is 9.59 Å². The normalized spacial score (nSPS) is 10.8. The topological polar surface area (TPSA) is 47.3 Å². The lowest BCUT2D eigenvalue weighted by atomic mass is 10.0. The van der Waals surface area contributed by atoms with E-state index in [2.05, 4.69) is 6.08 Å². The van der Waals surface area contributed by atoms with Gasteiger partial charge in [0.05, 0.1) is 23.5 Å². The smallest absolute Gasteiger partial charge is 0.310 e. The molecule has 0 unspecified atom stereocenters. The SMILES string of the molecule is C/C=C/CSc1sc(C(=O)c2ccc(Cl)cc2)c(CC(=O)OCC)c1-[n+]1ccc(C)cc1.[I-]. The Morgan fingerprint density at radius 1 is 1.15 bits per heavy atom. The molecule has 3 rings (SSSR count). The summed E-state index contributed by atoms with van der Waals surface area (Å²) < 4.78 is 8.19. The summed E-state index contributed by atoms with van der Waals surface area (Å²) in [6.45, 7) is 6.07. The molecule has 0 aliphatic heterocycles. The predicted octanol–water partition coefficient (Wildman–Crippen LogP) is 3.00. The molecule has 1 aromatic carbocycles. The number of aromatic nitrogens is 1. The Bertz CT molecular complexity index is 1130. The molecule has 3 aromatic rings. The second-order valence-corrected chi connectivity index (χ2v) is 9.77. The van der Waals surface area contributed by atoms with Crippen molar-refractivity contribution in [2.24, 2.45) is 0 Å². The number of allylic oxidation sites excluding steroid dienone is 1. The van der Waals surface area contributed by atoms with Crippen LogP contribution in [-0.2, 0) is 16.0 Å². The van der Waals surface area contributed by atoms with Gasteiger partial charge in [0, 0.05) is 28.5 Å². The molecule has 0 amide bonds. The number of halogens is 2. The Morgan fingerprint density at radius 3 is 2.42 bits per heavy atom. The number of aryl methyl sites for hydroxylation is 1. The third-order valence-electron chi connectivity index (χ3n) is 4.69. The maximum Gasteiger partial charge on any atom is 0.310 e. The molecule has 0 aliphatic carbocycles. The molecule has 0 fully saturated rings. The number of hydrogen-bond acceptors (Lipinski definition) is 5. The van der Waals surface area contributed by atoms with Crippen LogP contribution < -0.4 is 28.5 Å². The van der Waals surface area contributed by atoms with Crippen LogP contribution in [0.25, 0.3) is 5.69 Å². The van der Waals surface area contributed by atoms with Gasteiger partial charge in [-0.25, -0.2) is 0 Å². The average Bonchev–Trinajstić information content (AvgIpc) is 3.12. The standard InChI is InChI=1S/C25H25ClNO3S2.HI/c1-4-6-15-31-25-22(27-13-11-17(3)12-14-27)20(16-21(28)30-5-2)24(32-25)23(29)18-7-9-19(26)10-8-18;/h4,6-14H,5,15-16H2,1-3H3;1H/q+1;/p-1/b6-4+;. The number of carbonyl (C=O) groups excluding carboxylic acids is 2. The van der Waals surface area contributed by atoms with Gasteiger partial charge < -0.3 is 28.7 Å². The van der Waals surface area contributed by atoms with Gasteiger partial charge >= 0.3 is 5.97 Å². The molecular weight excluding hydrogens is 589 g/mol. The zero-order valence-electron chi connectivity index (χ0n) is 18.6. The molecule has 4 nitrogen and oxygen atoms in total. The first-order chi connectivity index (χ1) is 15.4. The number of esters is 1. The van der Waals surface area contributed by atoms with E-state index in [1.165, 1.54) is 11.3 Å². The van der Waals surface area contributed by atoms with Crippen LogP contribution in [-0.4, -0.2) is 24.1 Å². The highest BCUT2D eigenvalue weighted by molar-refractivity contribution is 8.01. The molecular formula is C25H25ClINO3S2. The van der Waals surface area contributed by atoms with E-state index in [1.807, 2.05) is 49.0 Å². The monoisotopic (exact) mass is 613 g/mol. The van der Waals surface area contributed by atoms with E-state index in [1.54, 1.807) is 43.0 Å². The lowest BCUT2D eigenvalue weighted by Gasteiger charge is -2.06. The van der Waals surface area contributed by atoms with Gasteiger partial charge in [0.2, 0.25) is 11.5 Å². The van der Waals surface area contributed by atoms with Crippen LogP contribution in [0.3, 0.4) is 0 Å². The van der Waals surface area contributed by atoms with Crippen LogP contribution in [0.1, 0.15) is 40.2 Å². The van der Waals surface area contributed by atoms with Crippen LogP contribution in [0.15, 0.2) is 65.2 Å². The molecule has 0 spiro atoms. The van der Waals surface area contributed by atoms with Crippen molar-refractivity contribution in [3.63, 3.8) is 0 Å². The maximum absolute atomic E-state index is 13.5. The fourth-order valence-corrected chi connectivity index (χ4v) is 5.73. The predicted molar refractivity (Wildman–Crippen MR) is 131 cm³/mol. The molecule has 0 saturated heterocycles. The van der Waals surface area contributed by atoms with Crippen molar-refractivity contribution in [3.8, 4) is 5.69 Å². The quantitative estimate of drug-likeness (QED) is 0.0930. The molecule has 0 N–H and O–H groups in total. The number of thiophene rings is 1. The molecule has 174 valence electrons. The van der Waals surface area contributed by atoms with Crippen molar-refractivity contribution in [1.82, 2.24) is 0 Å². The fourth-order valence-electron chi connectivity index (χ4n) is 3.10. The van der Waals surface area contributed by atoms with Crippen molar-refractivity contribution in [2.45, 2.75) is 31.4 Å². The van der Waals surface area contributed by atoms with Gasteiger partial charge in [0.25, 0.3) is 0 Å². The van der Waals surface area contributed by atoms with Crippen molar-refractivity contribution in [1.29, 1.82) is 0 Å². The number of carbonyl (C=O) groups is 2. The lowest BCUT2D eigenvalue weighted by Crippen LogP contribution is -3.00. The summed E-state index contributed by atoms with van der Waals surface area (Å²) in [6, 6.07) is 10.8. The molecule has 33 heavy (non-hydrogen) atoms. The van der Waals surface area contributed by atoms with E-state index in [-0.39, 0.29) is 42.2 Å². The Hall–Kier alpha value is -1.68. The van der Waals surface area contributed by atoms with E-state index >= 15 is 0 Å².